The van der Waals surface area contributed by atoms with Crippen LogP contribution in [-0.4, -0.2) is 15.7 Å². The van der Waals surface area contributed by atoms with Gasteiger partial charge in [-0.2, -0.15) is 0 Å². The van der Waals surface area contributed by atoms with Crippen molar-refractivity contribution in [1.82, 2.24) is 4.98 Å². The molecule has 0 fully saturated rings. The maximum Gasteiger partial charge on any atom is 0.269 e. The summed E-state index contributed by atoms with van der Waals surface area (Å²) in [4.78, 5) is 26.9. The fourth-order valence-corrected chi connectivity index (χ4v) is 2.15. The zero-order valence-electron chi connectivity index (χ0n) is 12.5. The second-order valence-corrected chi connectivity index (χ2v) is 4.90. The van der Waals surface area contributed by atoms with Crippen molar-refractivity contribution < 1.29 is 14.5 Å². The smallest absolute Gasteiger partial charge is 0.269 e. The number of benzene rings is 2. The van der Waals surface area contributed by atoms with Gasteiger partial charge < -0.3 is 4.74 Å². The van der Waals surface area contributed by atoms with Gasteiger partial charge in [0.2, 0.25) is 5.88 Å². The summed E-state index contributed by atoms with van der Waals surface area (Å²) in [7, 11) is 0. The highest BCUT2D eigenvalue weighted by atomic mass is 16.6. The quantitative estimate of drug-likeness (QED) is 0.403. The van der Waals surface area contributed by atoms with Crippen LogP contribution >= 0.6 is 0 Å². The molecule has 0 radical (unpaired) electrons. The number of hydrogen-bond donors (Lipinski definition) is 0. The summed E-state index contributed by atoms with van der Waals surface area (Å²) in [5.74, 6) is 0.470. The summed E-state index contributed by atoms with van der Waals surface area (Å²) in [6.07, 6.45) is 1.59. The Hall–Kier alpha value is -3.54. The molecule has 0 aliphatic heterocycles. The van der Waals surface area contributed by atoms with Crippen LogP contribution in [0.2, 0.25) is 0 Å². The molecule has 3 aromatic rings. The lowest BCUT2D eigenvalue weighted by Crippen LogP contribution is -2.04. The minimum Gasteiger partial charge on any atom is -0.438 e. The van der Waals surface area contributed by atoms with Gasteiger partial charge >= 0.3 is 0 Å². The third-order valence-corrected chi connectivity index (χ3v) is 3.32. The Morgan fingerprint density at radius 3 is 2.33 bits per heavy atom. The number of nitrogens with zero attached hydrogens (tertiary/aromatic N) is 2. The predicted molar refractivity (Wildman–Crippen MR) is 87.3 cm³/mol. The van der Waals surface area contributed by atoms with Crippen LogP contribution in [0.25, 0.3) is 0 Å². The van der Waals surface area contributed by atoms with E-state index in [4.69, 9.17) is 4.74 Å². The number of ketones is 1. The monoisotopic (exact) mass is 320 g/mol. The molecule has 0 saturated heterocycles. The Bertz CT molecular complexity index is 877. The Morgan fingerprint density at radius 1 is 0.958 bits per heavy atom. The Labute approximate surface area is 137 Å². The van der Waals surface area contributed by atoms with Crippen molar-refractivity contribution >= 4 is 11.5 Å². The normalized spacial score (nSPS) is 10.2. The molecule has 0 bridgehead atoms. The van der Waals surface area contributed by atoms with Crippen molar-refractivity contribution in [3.63, 3.8) is 0 Å². The maximum atomic E-state index is 12.7. The van der Waals surface area contributed by atoms with E-state index in [2.05, 4.69) is 4.98 Å². The first-order valence-corrected chi connectivity index (χ1v) is 7.12. The van der Waals surface area contributed by atoms with Crippen molar-refractivity contribution in [2.45, 2.75) is 0 Å². The average Bonchev–Trinajstić information content (AvgIpc) is 2.62. The van der Waals surface area contributed by atoms with Crippen LogP contribution in [0.3, 0.4) is 0 Å². The number of carbonyl (C=O) groups is 1. The third-order valence-electron chi connectivity index (χ3n) is 3.32. The maximum absolute atomic E-state index is 12.7. The minimum absolute atomic E-state index is 0.0652. The van der Waals surface area contributed by atoms with Gasteiger partial charge in [0, 0.05) is 30.0 Å². The van der Waals surface area contributed by atoms with E-state index in [1.165, 1.54) is 24.3 Å². The Balaban J connectivity index is 1.91. The number of carbonyl (C=O) groups excluding carboxylic acids is 1. The second-order valence-electron chi connectivity index (χ2n) is 4.90. The molecule has 0 saturated carbocycles. The van der Waals surface area contributed by atoms with Gasteiger partial charge in [-0.1, -0.05) is 18.2 Å². The number of rotatable bonds is 5. The molecule has 0 atom stereocenters. The first kappa shape index (κ1) is 15.4. The highest BCUT2D eigenvalue weighted by Gasteiger charge is 2.16. The van der Waals surface area contributed by atoms with E-state index in [-0.39, 0.29) is 11.5 Å². The first-order valence-electron chi connectivity index (χ1n) is 7.12. The number of nitro groups is 1. The van der Waals surface area contributed by atoms with Crippen molar-refractivity contribution in [2.24, 2.45) is 0 Å². The number of aromatic nitrogens is 1. The SMILES string of the molecule is O=C(c1ccc([N+](=O)[O-])cc1)c1ccccc1Oc1ccccn1. The molecule has 1 heterocycles. The largest absolute Gasteiger partial charge is 0.438 e. The van der Waals surface area contributed by atoms with E-state index >= 15 is 0 Å². The van der Waals surface area contributed by atoms with Crippen LogP contribution in [0, 0.1) is 10.1 Å². The molecule has 0 aliphatic carbocycles. The zero-order valence-corrected chi connectivity index (χ0v) is 12.5. The van der Waals surface area contributed by atoms with Crippen LogP contribution < -0.4 is 4.74 Å². The standard InChI is InChI=1S/C18H12N2O4/c21-18(13-8-10-14(11-9-13)20(22)23)15-5-1-2-6-16(15)24-17-7-3-4-12-19-17/h1-12H. The van der Waals surface area contributed by atoms with Crippen LogP contribution in [0.4, 0.5) is 5.69 Å². The minimum atomic E-state index is -0.508. The summed E-state index contributed by atoms with van der Waals surface area (Å²) in [6, 6.07) is 17.5. The zero-order chi connectivity index (χ0) is 16.9. The molecule has 1 aromatic heterocycles. The van der Waals surface area contributed by atoms with E-state index in [1.54, 1.807) is 48.7 Å². The van der Waals surface area contributed by atoms with E-state index in [0.29, 0.717) is 22.8 Å². The van der Waals surface area contributed by atoms with Crippen LogP contribution in [-0.2, 0) is 0 Å². The first-order chi connectivity index (χ1) is 11.6. The Kier molecular flexibility index (Phi) is 4.29. The molecule has 118 valence electrons. The van der Waals surface area contributed by atoms with Crippen LogP contribution in [0.5, 0.6) is 11.6 Å². The van der Waals surface area contributed by atoms with Crippen LogP contribution in [0.1, 0.15) is 15.9 Å². The number of ether oxygens (including phenoxy) is 1. The van der Waals surface area contributed by atoms with E-state index < -0.39 is 4.92 Å². The lowest BCUT2D eigenvalue weighted by atomic mass is 10.0. The molecule has 6 nitrogen and oxygen atoms in total. The van der Waals surface area contributed by atoms with Crippen molar-refractivity contribution in [1.29, 1.82) is 0 Å². The molecule has 2 aromatic carbocycles. The number of hydrogen-bond acceptors (Lipinski definition) is 5. The molecular formula is C18H12N2O4. The average molecular weight is 320 g/mol. The predicted octanol–water partition coefficient (Wildman–Crippen LogP) is 4.01. The number of non-ortho nitro benzene ring substituents is 1. The molecule has 0 amide bonds. The van der Waals surface area contributed by atoms with Crippen molar-refractivity contribution in [3.8, 4) is 11.6 Å². The molecular weight excluding hydrogens is 308 g/mol. The highest BCUT2D eigenvalue weighted by molar-refractivity contribution is 6.10. The van der Waals surface area contributed by atoms with Gasteiger partial charge in [-0.25, -0.2) is 4.98 Å². The van der Waals surface area contributed by atoms with Gasteiger partial charge in [0.15, 0.2) is 5.78 Å². The molecule has 24 heavy (non-hydrogen) atoms. The summed E-state index contributed by atoms with van der Waals surface area (Å²) in [5, 5.41) is 10.7. The van der Waals surface area contributed by atoms with Crippen LogP contribution in [0.15, 0.2) is 72.9 Å². The van der Waals surface area contributed by atoms with E-state index in [9.17, 15) is 14.9 Å². The molecule has 0 aliphatic rings. The molecule has 0 unspecified atom stereocenters. The van der Waals surface area contributed by atoms with Gasteiger partial charge in [0.05, 0.1) is 10.5 Å². The fourth-order valence-electron chi connectivity index (χ4n) is 2.15. The summed E-state index contributed by atoms with van der Waals surface area (Å²) in [6.45, 7) is 0. The highest BCUT2D eigenvalue weighted by Crippen LogP contribution is 2.26. The number of nitro benzene ring substituents is 1. The topological polar surface area (TPSA) is 82.3 Å². The lowest BCUT2D eigenvalue weighted by molar-refractivity contribution is -0.384. The van der Waals surface area contributed by atoms with Gasteiger partial charge in [0.1, 0.15) is 5.75 Å². The van der Waals surface area contributed by atoms with E-state index in [0.717, 1.165) is 0 Å². The lowest BCUT2D eigenvalue weighted by Gasteiger charge is -2.09. The van der Waals surface area contributed by atoms with Gasteiger partial charge in [0.25, 0.3) is 5.69 Å². The van der Waals surface area contributed by atoms with Gasteiger partial charge in [-0.15, -0.1) is 0 Å². The Morgan fingerprint density at radius 2 is 1.67 bits per heavy atom. The third kappa shape index (κ3) is 3.27. The number of pyridine rings is 1. The van der Waals surface area contributed by atoms with E-state index in [1.807, 2.05) is 0 Å². The van der Waals surface area contributed by atoms with Gasteiger partial charge in [-0.05, 0) is 30.3 Å². The molecule has 3 rings (SSSR count). The fraction of sp³-hybridized carbons (Fsp3) is 0. The number of para-hydroxylation sites is 1. The summed E-state index contributed by atoms with van der Waals surface area (Å²) >= 11 is 0. The van der Waals surface area contributed by atoms with Crippen molar-refractivity contribution in [3.05, 3.63) is 94.2 Å². The molecule has 0 spiro atoms. The summed E-state index contributed by atoms with van der Waals surface area (Å²) in [5.41, 5.74) is 0.638. The summed E-state index contributed by atoms with van der Waals surface area (Å²) < 4.78 is 5.67. The molecule has 0 N–H and O–H groups in total. The molecule has 6 heteroatoms. The second kappa shape index (κ2) is 6.70. The van der Waals surface area contributed by atoms with Crippen molar-refractivity contribution in [2.75, 3.05) is 0 Å². The van der Waals surface area contributed by atoms with Gasteiger partial charge in [-0.3, -0.25) is 14.9 Å².